The number of rotatable bonds is 7. The maximum atomic E-state index is 5.27. The van der Waals surface area contributed by atoms with Crippen molar-refractivity contribution in [1.29, 1.82) is 0 Å². The molecule has 0 heterocycles. The van der Waals surface area contributed by atoms with Crippen molar-refractivity contribution in [3.05, 3.63) is 35.9 Å². The molecule has 1 heteroatoms. The van der Waals surface area contributed by atoms with E-state index in [1.54, 1.807) is 0 Å². The van der Waals surface area contributed by atoms with Gasteiger partial charge in [-0.1, -0.05) is 37.3 Å². The Balaban J connectivity index is 2.41. The van der Waals surface area contributed by atoms with E-state index in [1.807, 2.05) is 0 Å². The van der Waals surface area contributed by atoms with Gasteiger partial charge in [0.15, 0.2) is 0 Å². The quantitative estimate of drug-likeness (QED) is 0.544. The van der Waals surface area contributed by atoms with Crippen molar-refractivity contribution in [2.75, 3.05) is 6.54 Å². The minimum absolute atomic E-state index is 0.556. The van der Waals surface area contributed by atoms with Crippen LogP contribution in [-0.2, 0) is 6.42 Å². The molecule has 0 fully saturated rings. The lowest BCUT2D eigenvalue weighted by atomic mass is 10.0. The molecule has 16 heavy (non-hydrogen) atoms. The molecular weight excluding hydrogens is 194 g/mol. The van der Waals surface area contributed by atoms with Crippen molar-refractivity contribution in [1.82, 2.24) is 5.32 Å². The fraction of sp³-hybridized carbons (Fsp3) is 0.467. The van der Waals surface area contributed by atoms with Gasteiger partial charge in [-0.2, -0.15) is 0 Å². The van der Waals surface area contributed by atoms with E-state index in [0.717, 1.165) is 32.2 Å². The third-order valence-electron chi connectivity index (χ3n) is 2.69. The van der Waals surface area contributed by atoms with Crippen LogP contribution in [0.25, 0.3) is 0 Å². The molecule has 1 unspecified atom stereocenters. The molecule has 0 spiro atoms. The second-order valence-electron chi connectivity index (χ2n) is 4.04. The molecule has 0 aliphatic heterocycles. The Morgan fingerprint density at radius 2 is 2.06 bits per heavy atom. The third-order valence-corrected chi connectivity index (χ3v) is 2.69. The zero-order valence-electron chi connectivity index (χ0n) is 10.1. The topological polar surface area (TPSA) is 12.0 Å². The van der Waals surface area contributed by atoms with E-state index >= 15 is 0 Å². The Labute approximate surface area is 99.3 Å². The van der Waals surface area contributed by atoms with Gasteiger partial charge in [0.05, 0.1) is 0 Å². The van der Waals surface area contributed by atoms with Gasteiger partial charge >= 0.3 is 0 Å². The molecular formula is C15H21N. The van der Waals surface area contributed by atoms with Gasteiger partial charge in [0.1, 0.15) is 0 Å². The second-order valence-corrected chi connectivity index (χ2v) is 4.04. The van der Waals surface area contributed by atoms with E-state index in [-0.39, 0.29) is 0 Å². The first kappa shape index (κ1) is 12.8. The number of likely N-dealkylation sites (N-methyl/N-ethyl adjacent to an activating group) is 1. The van der Waals surface area contributed by atoms with Crippen molar-refractivity contribution in [3.63, 3.8) is 0 Å². The summed E-state index contributed by atoms with van der Waals surface area (Å²) in [6.45, 7) is 3.17. The van der Waals surface area contributed by atoms with Crippen LogP contribution < -0.4 is 5.32 Å². The molecule has 0 aliphatic carbocycles. The monoisotopic (exact) mass is 215 g/mol. The molecule has 0 radical (unpaired) electrons. The zero-order chi connectivity index (χ0) is 11.6. The molecule has 1 N–H and O–H groups in total. The summed E-state index contributed by atoms with van der Waals surface area (Å²) in [6.07, 6.45) is 9.52. The van der Waals surface area contributed by atoms with E-state index in [2.05, 4.69) is 48.5 Å². The van der Waals surface area contributed by atoms with Gasteiger partial charge in [-0.3, -0.25) is 0 Å². The van der Waals surface area contributed by atoms with Gasteiger partial charge in [0.25, 0.3) is 0 Å². The van der Waals surface area contributed by atoms with Crippen LogP contribution in [0.3, 0.4) is 0 Å². The molecule has 1 atom stereocenters. The number of nitrogens with one attached hydrogen (secondary N) is 1. The Morgan fingerprint density at radius 3 is 2.69 bits per heavy atom. The standard InChI is InChI=1S/C15H21N/c1-3-5-7-12-15(16-4-2)13-14-10-8-6-9-11-14/h1,6,8-11,15-16H,4-5,7,12-13H2,2H3. The number of terminal acetylenes is 1. The fourth-order valence-electron chi connectivity index (χ4n) is 1.91. The van der Waals surface area contributed by atoms with Crippen molar-refractivity contribution in [2.45, 2.75) is 38.6 Å². The molecule has 0 saturated heterocycles. The van der Waals surface area contributed by atoms with Crippen molar-refractivity contribution in [2.24, 2.45) is 0 Å². The zero-order valence-corrected chi connectivity index (χ0v) is 10.1. The Kier molecular flexibility index (Phi) is 6.37. The Hall–Kier alpha value is -1.26. The second kappa shape index (κ2) is 7.96. The summed E-state index contributed by atoms with van der Waals surface area (Å²) in [5.41, 5.74) is 1.40. The van der Waals surface area contributed by atoms with Crippen molar-refractivity contribution >= 4 is 0 Å². The highest BCUT2D eigenvalue weighted by atomic mass is 14.9. The van der Waals surface area contributed by atoms with Gasteiger partial charge in [-0.15, -0.1) is 12.3 Å². The summed E-state index contributed by atoms with van der Waals surface area (Å²) in [5.74, 6) is 2.70. The number of benzene rings is 1. The molecule has 0 saturated carbocycles. The summed E-state index contributed by atoms with van der Waals surface area (Å²) in [7, 11) is 0. The van der Waals surface area contributed by atoms with Crippen LogP contribution in [0.5, 0.6) is 0 Å². The SMILES string of the molecule is C#CCCCC(Cc1ccccc1)NCC. The van der Waals surface area contributed by atoms with E-state index in [0.29, 0.717) is 6.04 Å². The average Bonchev–Trinajstić information content (AvgIpc) is 2.31. The minimum Gasteiger partial charge on any atom is -0.314 e. The molecule has 1 aromatic rings. The van der Waals surface area contributed by atoms with Gasteiger partial charge in [-0.25, -0.2) is 0 Å². The van der Waals surface area contributed by atoms with E-state index in [4.69, 9.17) is 6.42 Å². The van der Waals surface area contributed by atoms with E-state index < -0.39 is 0 Å². The fourth-order valence-corrected chi connectivity index (χ4v) is 1.91. The highest BCUT2D eigenvalue weighted by Gasteiger charge is 2.07. The van der Waals surface area contributed by atoms with Crippen LogP contribution >= 0.6 is 0 Å². The summed E-state index contributed by atoms with van der Waals surface area (Å²) in [4.78, 5) is 0. The Morgan fingerprint density at radius 1 is 1.31 bits per heavy atom. The van der Waals surface area contributed by atoms with Crippen LogP contribution in [0.2, 0.25) is 0 Å². The lowest BCUT2D eigenvalue weighted by Gasteiger charge is -2.17. The minimum atomic E-state index is 0.556. The molecule has 1 aromatic carbocycles. The average molecular weight is 215 g/mol. The first-order valence-corrected chi connectivity index (χ1v) is 6.07. The number of hydrogen-bond acceptors (Lipinski definition) is 1. The van der Waals surface area contributed by atoms with Crippen LogP contribution in [0.15, 0.2) is 30.3 Å². The highest BCUT2D eigenvalue weighted by Crippen LogP contribution is 2.08. The van der Waals surface area contributed by atoms with Crippen LogP contribution in [0, 0.1) is 12.3 Å². The van der Waals surface area contributed by atoms with Crippen molar-refractivity contribution < 1.29 is 0 Å². The Bertz CT molecular complexity index is 310. The third kappa shape index (κ3) is 5.00. The smallest absolute Gasteiger partial charge is 0.0108 e. The summed E-state index contributed by atoms with van der Waals surface area (Å²) < 4.78 is 0. The van der Waals surface area contributed by atoms with E-state index in [1.165, 1.54) is 5.56 Å². The van der Waals surface area contributed by atoms with Gasteiger partial charge in [-0.05, 0) is 31.4 Å². The van der Waals surface area contributed by atoms with Crippen LogP contribution in [0.1, 0.15) is 31.7 Å². The molecule has 0 amide bonds. The highest BCUT2D eigenvalue weighted by molar-refractivity contribution is 5.15. The number of hydrogen-bond donors (Lipinski definition) is 1. The lowest BCUT2D eigenvalue weighted by molar-refractivity contribution is 0.479. The van der Waals surface area contributed by atoms with Gasteiger partial charge in [0, 0.05) is 12.5 Å². The molecule has 1 rings (SSSR count). The van der Waals surface area contributed by atoms with Gasteiger partial charge < -0.3 is 5.32 Å². The predicted octanol–water partition coefficient (Wildman–Crippen LogP) is 3.01. The molecule has 0 aliphatic rings. The summed E-state index contributed by atoms with van der Waals surface area (Å²) in [5, 5.41) is 3.52. The van der Waals surface area contributed by atoms with Crippen LogP contribution in [-0.4, -0.2) is 12.6 Å². The molecule has 86 valence electrons. The maximum absolute atomic E-state index is 5.27. The predicted molar refractivity (Wildman–Crippen MR) is 70.3 cm³/mol. The van der Waals surface area contributed by atoms with E-state index in [9.17, 15) is 0 Å². The lowest BCUT2D eigenvalue weighted by Crippen LogP contribution is -2.30. The summed E-state index contributed by atoms with van der Waals surface area (Å²) >= 11 is 0. The largest absolute Gasteiger partial charge is 0.314 e. The van der Waals surface area contributed by atoms with Crippen LogP contribution in [0.4, 0.5) is 0 Å². The first-order chi connectivity index (χ1) is 7.86. The first-order valence-electron chi connectivity index (χ1n) is 6.07. The molecule has 0 aromatic heterocycles. The summed E-state index contributed by atoms with van der Waals surface area (Å²) in [6, 6.07) is 11.2. The normalized spacial score (nSPS) is 12.0. The maximum Gasteiger partial charge on any atom is 0.0108 e. The molecule has 0 bridgehead atoms. The molecule has 1 nitrogen and oxygen atoms in total. The van der Waals surface area contributed by atoms with Crippen molar-refractivity contribution in [3.8, 4) is 12.3 Å². The number of unbranched alkanes of at least 4 members (excludes halogenated alkanes) is 1. The van der Waals surface area contributed by atoms with Gasteiger partial charge in [0.2, 0.25) is 0 Å².